The second-order valence-electron chi connectivity index (χ2n) is 13.5. The smallest absolute Gasteiger partial charge is 0.334 e. The van der Waals surface area contributed by atoms with Crippen LogP contribution in [-0.4, -0.2) is 69.1 Å². The summed E-state index contributed by atoms with van der Waals surface area (Å²) in [6.45, 7) is 4.13. The molecule has 2 aliphatic heterocycles. The van der Waals surface area contributed by atoms with Gasteiger partial charge < -0.3 is 29.9 Å². The maximum absolute atomic E-state index is 11.6. The summed E-state index contributed by atoms with van der Waals surface area (Å²) in [6.07, 6.45) is 25.8. The molecule has 0 radical (unpaired) electrons. The molecule has 1 saturated heterocycles. The first-order valence-corrected chi connectivity index (χ1v) is 18.3. The number of esters is 1. The summed E-state index contributed by atoms with van der Waals surface area (Å²) in [5, 5.41) is 41.8. The van der Waals surface area contributed by atoms with Crippen LogP contribution in [0.25, 0.3) is 0 Å². The highest BCUT2D eigenvalue weighted by atomic mass is 16.5. The first-order valence-electron chi connectivity index (χ1n) is 18.3. The minimum atomic E-state index is -0.628. The van der Waals surface area contributed by atoms with Gasteiger partial charge in [-0.3, -0.25) is 0 Å². The Kier molecular flexibility index (Phi) is 21.2. The molecule has 0 spiro atoms. The first-order chi connectivity index (χ1) is 21.3. The molecule has 0 amide bonds. The Morgan fingerprint density at radius 3 is 1.93 bits per heavy atom. The summed E-state index contributed by atoms with van der Waals surface area (Å²) in [7, 11) is 0. The Bertz CT molecular complexity index is 797. The number of allylic oxidation sites excluding steroid dienone is 1. The molecule has 0 unspecified atom stereocenters. The van der Waals surface area contributed by atoms with E-state index < -0.39 is 24.4 Å². The first kappa shape index (κ1) is 38.9. The van der Waals surface area contributed by atoms with Crippen molar-refractivity contribution in [3.05, 3.63) is 23.8 Å². The average Bonchev–Trinajstić information content (AvgIpc) is 3.62. The minimum absolute atomic E-state index is 0.0938. The molecule has 0 aromatic rings. The largest absolute Gasteiger partial charge is 0.455 e. The third-order valence-electron chi connectivity index (χ3n) is 9.30. The highest BCUT2D eigenvalue weighted by Gasteiger charge is 2.34. The molecule has 0 aromatic carbocycles. The highest BCUT2D eigenvalue weighted by Crippen LogP contribution is 2.28. The van der Waals surface area contributed by atoms with Gasteiger partial charge in [-0.05, 0) is 77.2 Å². The second-order valence-corrected chi connectivity index (χ2v) is 13.5. The zero-order valence-corrected chi connectivity index (χ0v) is 28.1. The zero-order valence-electron chi connectivity index (χ0n) is 28.1. The lowest BCUT2D eigenvalue weighted by Gasteiger charge is -2.22. The van der Waals surface area contributed by atoms with Gasteiger partial charge in [0.1, 0.15) is 6.10 Å². The molecule has 7 nitrogen and oxygen atoms in total. The summed E-state index contributed by atoms with van der Waals surface area (Å²) in [5.41, 5.74) is 0.807. The van der Waals surface area contributed by atoms with Gasteiger partial charge in [0.15, 0.2) is 0 Å². The van der Waals surface area contributed by atoms with Crippen LogP contribution >= 0.6 is 0 Å². The molecule has 7 heteroatoms. The van der Waals surface area contributed by atoms with Gasteiger partial charge in [0.05, 0.1) is 36.6 Å². The number of unbranched alkanes of at least 4 members (excludes halogenated alkanes) is 12. The molecule has 7 atom stereocenters. The van der Waals surface area contributed by atoms with Crippen LogP contribution in [0, 0.1) is 0 Å². The van der Waals surface area contributed by atoms with E-state index in [1.165, 1.54) is 51.4 Å². The number of cyclic esters (lactones) is 1. The molecule has 2 rings (SSSR count). The topological polar surface area (TPSA) is 116 Å². The second kappa shape index (κ2) is 24.0. The normalized spacial score (nSPS) is 23.2. The summed E-state index contributed by atoms with van der Waals surface area (Å²) >= 11 is 0. The van der Waals surface area contributed by atoms with Crippen LogP contribution in [0.1, 0.15) is 162 Å². The van der Waals surface area contributed by atoms with Crippen molar-refractivity contribution in [2.45, 2.75) is 204 Å². The van der Waals surface area contributed by atoms with Crippen molar-refractivity contribution in [3.63, 3.8) is 0 Å². The Balaban J connectivity index is 1.44. The maximum Gasteiger partial charge on any atom is 0.334 e. The maximum atomic E-state index is 11.6. The van der Waals surface area contributed by atoms with Crippen molar-refractivity contribution in [1.82, 2.24) is 0 Å². The number of carbonyl (C=O) groups excluding carboxylic acids is 1. The number of ether oxygens (including phenoxy) is 2. The number of hydrogen-bond acceptors (Lipinski definition) is 7. The van der Waals surface area contributed by atoms with Gasteiger partial charge >= 0.3 is 5.97 Å². The highest BCUT2D eigenvalue weighted by molar-refractivity contribution is 5.90. The van der Waals surface area contributed by atoms with Gasteiger partial charge in [-0.15, -0.1) is 0 Å². The van der Waals surface area contributed by atoms with Crippen LogP contribution in [0.15, 0.2) is 23.8 Å². The van der Waals surface area contributed by atoms with Crippen LogP contribution in [-0.2, 0) is 14.3 Å². The van der Waals surface area contributed by atoms with Crippen LogP contribution in [0.5, 0.6) is 0 Å². The lowest BCUT2D eigenvalue weighted by Crippen LogP contribution is -2.31. The van der Waals surface area contributed by atoms with Crippen molar-refractivity contribution in [2.75, 3.05) is 0 Å². The zero-order chi connectivity index (χ0) is 32.0. The van der Waals surface area contributed by atoms with E-state index in [1.807, 2.05) is 25.2 Å². The lowest BCUT2D eigenvalue weighted by molar-refractivity contribution is -0.139. The average molecular weight is 623 g/mol. The van der Waals surface area contributed by atoms with Gasteiger partial charge in [0.25, 0.3) is 0 Å². The lowest BCUT2D eigenvalue weighted by atomic mass is 9.99. The Hall–Kier alpha value is -1.25. The fourth-order valence-corrected chi connectivity index (χ4v) is 6.46. The number of rotatable bonds is 27. The predicted molar refractivity (Wildman–Crippen MR) is 177 cm³/mol. The Morgan fingerprint density at radius 2 is 1.32 bits per heavy atom. The van der Waals surface area contributed by atoms with Gasteiger partial charge in [0, 0.05) is 5.57 Å². The fraction of sp³-hybridized carbons (Fsp3) is 0.865. The van der Waals surface area contributed by atoms with E-state index in [2.05, 4.69) is 6.92 Å². The summed E-state index contributed by atoms with van der Waals surface area (Å²) in [6, 6.07) is 0. The molecule has 0 aliphatic carbocycles. The predicted octanol–water partition coefficient (Wildman–Crippen LogP) is 7.62. The van der Waals surface area contributed by atoms with Crippen LogP contribution in [0.4, 0.5) is 0 Å². The van der Waals surface area contributed by atoms with Gasteiger partial charge in [-0.1, -0.05) is 103 Å². The van der Waals surface area contributed by atoms with Crippen molar-refractivity contribution >= 4 is 5.97 Å². The number of hydrogen-bond donors (Lipinski definition) is 4. The molecule has 1 fully saturated rings. The molecule has 2 aliphatic rings. The van der Waals surface area contributed by atoms with Crippen LogP contribution in [0.2, 0.25) is 0 Å². The third kappa shape index (κ3) is 17.4. The molecular formula is C37H66O7. The summed E-state index contributed by atoms with van der Waals surface area (Å²) in [5.74, 6) is -0.170. The number of aliphatic hydroxyl groups is 4. The van der Waals surface area contributed by atoms with E-state index in [-0.39, 0.29) is 24.3 Å². The standard InChI is InChI=1S/C37H66O7/c1-3-4-5-6-7-8-9-12-15-20-31(38)22-17-18-23-33(40)35-26-27-36(44-35)34(41)25-24-32(39)21-16-13-10-11-14-19-30-28-29(2)43-37(30)42/h17,22,28-29,31-36,38-41H,3-16,18-21,23-27H2,1-2H3/b22-17-/t29-,31-,32+,33+,34+,35+,36+/m0/s1. The Morgan fingerprint density at radius 1 is 0.750 bits per heavy atom. The molecule has 4 N–H and O–H groups in total. The van der Waals surface area contributed by atoms with E-state index >= 15 is 0 Å². The summed E-state index contributed by atoms with van der Waals surface area (Å²) in [4.78, 5) is 11.6. The minimum Gasteiger partial charge on any atom is -0.455 e. The monoisotopic (exact) mass is 622 g/mol. The van der Waals surface area contributed by atoms with Crippen molar-refractivity contribution < 1.29 is 34.7 Å². The molecule has 2 heterocycles. The van der Waals surface area contributed by atoms with Crippen molar-refractivity contribution in [1.29, 1.82) is 0 Å². The van der Waals surface area contributed by atoms with E-state index in [0.717, 1.165) is 76.2 Å². The van der Waals surface area contributed by atoms with Gasteiger partial charge in [0.2, 0.25) is 0 Å². The molecule has 0 saturated carbocycles. The fourth-order valence-electron chi connectivity index (χ4n) is 6.46. The SMILES string of the molecule is CCCCCCCCCCC[C@H](O)/C=C\CC[C@@H](O)[C@H]1CC[C@H]([C@H](O)CC[C@H](O)CCCCCCCC2=C[C@H](C)OC2=O)O1. The van der Waals surface area contributed by atoms with E-state index in [0.29, 0.717) is 25.7 Å². The Labute approximate surface area is 268 Å². The molecule has 44 heavy (non-hydrogen) atoms. The van der Waals surface area contributed by atoms with Crippen molar-refractivity contribution in [3.8, 4) is 0 Å². The van der Waals surface area contributed by atoms with Crippen molar-refractivity contribution in [2.24, 2.45) is 0 Å². The molecular weight excluding hydrogens is 556 g/mol. The van der Waals surface area contributed by atoms with E-state index in [4.69, 9.17) is 9.47 Å². The molecule has 0 bridgehead atoms. The third-order valence-corrected chi connectivity index (χ3v) is 9.30. The van der Waals surface area contributed by atoms with Gasteiger partial charge in [-0.2, -0.15) is 0 Å². The summed E-state index contributed by atoms with van der Waals surface area (Å²) < 4.78 is 11.1. The van der Waals surface area contributed by atoms with E-state index in [9.17, 15) is 25.2 Å². The number of carbonyl (C=O) groups is 1. The molecule has 256 valence electrons. The quantitative estimate of drug-likeness (QED) is 0.0423. The van der Waals surface area contributed by atoms with Gasteiger partial charge in [-0.25, -0.2) is 4.79 Å². The van der Waals surface area contributed by atoms with E-state index in [1.54, 1.807) is 0 Å². The van der Waals surface area contributed by atoms with Crippen LogP contribution in [0.3, 0.4) is 0 Å². The van der Waals surface area contributed by atoms with Crippen LogP contribution < -0.4 is 0 Å². The number of aliphatic hydroxyl groups excluding tert-OH is 4. The molecule has 0 aromatic heterocycles.